The van der Waals surface area contributed by atoms with Crippen LogP contribution in [0.25, 0.3) is 11.0 Å². The Kier molecular flexibility index (Phi) is 7.33. The number of hydrogen-bond donors (Lipinski definition) is 2. The molecule has 9 heteroatoms. The van der Waals surface area contributed by atoms with Crippen molar-refractivity contribution in [2.24, 2.45) is 0 Å². The predicted octanol–water partition coefficient (Wildman–Crippen LogP) is 3.26. The van der Waals surface area contributed by atoms with E-state index in [0.717, 1.165) is 0 Å². The fourth-order valence-corrected chi connectivity index (χ4v) is 2.96. The average Bonchev–Trinajstić information content (AvgIpc) is 2.78. The maximum atomic E-state index is 13.0. The fourth-order valence-electron chi connectivity index (χ4n) is 2.96. The molecule has 0 spiro atoms. The molecule has 0 unspecified atom stereocenters. The van der Waals surface area contributed by atoms with Gasteiger partial charge in [0.15, 0.2) is 18.1 Å². The minimum absolute atomic E-state index is 0.0209. The second-order valence-electron chi connectivity index (χ2n) is 6.86. The highest BCUT2D eigenvalue weighted by Crippen LogP contribution is 2.32. The van der Waals surface area contributed by atoms with E-state index in [0.29, 0.717) is 34.6 Å². The largest absolute Gasteiger partial charge is 0.493 e. The number of carboxylic acid groups (broad SMARTS) is 1. The molecule has 3 aromatic rings. The number of amides is 1. The summed E-state index contributed by atoms with van der Waals surface area (Å²) in [5.74, 6) is 0.251. The van der Waals surface area contributed by atoms with Gasteiger partial charge in [0.2, 0.25) is 11.2 Å². The van der Waals surface area contributed by atoms with Crippen molar-refractivity contribution in [3.63, 3.8) is 0 Å². The second kappa shape index (κ2) is 10.3. The summed E-state index contributed by atoms with van der Waals surface area (Å²) in [7, 11) is 1.51. The van der Waals surface area contributed by atoms with Crippen LogP contribution in [0.4, 0.5) is 0 Å². The Labute approximate surface area is 183 Å². The SMILES string of the molecule is COc1ccccc1Oc1c(C)oc2cc(OCC(=O)NCCCC(=O)O)ccc2c1=O. The molecular formula is C23H23NO8. The number of hydrogen-bond acceptors (Lipinski definition) is 7. The molecule has 0 atom stereocenters. The highest BCUT2D eigenvalue weighted by molar-refractivity contribution is 5.80. The van der Waals surface area contributed by atoms with Gasteiger partial charge in [-0.25, -0.2) is 0 Å². The molecule has 32 heavy (non-hydrogen) atoms. The van der Waals surface area contributed by atoms with E-state index in [1.807, 2.05) is 0 Å². The molecule has 0 aliphatic heterocycles. The molecule has 0 aliphatic carbocycles. The van der Waals surface area contributed by atoms with Crippen molar-refractivity contribution in [1.82, 2.24) is 5.32 Å². The van der Waals surface area contributed by atoms with Crippen LogP contribution in [0, 0.1) is 6.92 Å². The van der Waals surface area contributed by atoms with Crippen LogP contribution < -0.4 is 25.0 Å². The number of carboxylic acids is 1. The molecule has 1 aromatic heterocycles. The first-order chi connectivity index (χ1) is 15.4. The zero-order valence-corrected chi connectivity index (χ0v) is 17.7. The summed E-state index contributed by atoms with van der Waals surface area (Å²) in [6.45, 7) is 1.61. The Morgan fingerprint density at radius 1 is 1.12 bits per heavy atom. The number of carbonyl (C=O) groups is 2. The van der Waals surface area contributed by atoms with Gasteiger partial charge in [0.05, 0.1) is 12.5 Å². The van der Waals surface area contributed by atoms with Crippen molar-refractivity contribution in [3.8, 4) is 23.0 Å². The van der Waals surface area contributed by atoms with Crippen LogP contribution in [0.3, 0.4) is 0 Å². The monoisotopic (exact) mass is 441 g/mol. The maximum Gasteiger partial charge on any atom is 0.303 e. The van der Waals surface area contributed by atoms with Crippen LogP contribution in [0.1, 0.15) is 18.6 Å². The second-order valence-corrected chi connectivity index (χ2v) is 6.86. The number of rotatable bonds is 10. The summed E-state index contributed by atoms with van der Waals surface area (Å²) in [6, 6.07) is 11.6. The van der Waals surface area contributed by atoms with Crippen molar-refractivity contribution in [2.45, 2.75) is 19.8 Å². The van der Waals surface area contributed by atoms with Gasteiger partial charge in [-0.05, 0) is 37.6 Å². The number of fused-ring (bicyclic) bond motifs is 1. The summed E-state index contributed by atoms with van der Waals surface area (Å²) >= 11 is 0. The van der Waals surface area contributed by atoms with Crippen LogP contribution in [0.15, 0.2) is 51.7 Å². The lowest BCUT2D eigenvalue weighted by atomic mass is 10.2. The van der Waals surface area contributed by atoms with Crippen LogP contribution in [0.2, 0.25) is 0 Å². The minimum Gasteiger partial charge on any atom is -0.493 e. The number of para-hydroxylation sites is 2. The molecule has 0 saturated heterocycles. The van der Waals surface area contributed by atoms with E-state index >= 15 is 0 Å². The molecule has 3 rings (SSSR count). The Balaban J connectivity index is 1.72. The van der Waals surface area contributed by atoms with E-state index in [4.69, 9.17) is 23.7 Å². The Bertz CT molecular complexity index is 1180. The van der Waals surface area contributed by atoms with Gasteiger partial charge in [-0.3, -0.25) is 14.4 Å². The number of ether oxygens (including phenoxy) is 3. The lowest BCUT2D eigenvalue weighted by molar-refractivity contribution is -0.137. The van der Waals surface area contributed by atoms with Gasteiger partial charge in [0.1, 0.15) is 17.1 Å². The Morgan fingerprint density at radius 3 is 2.59 bits per heavy atom. The summed E-state index contributed by atoms with van der Waals surface area (Å²) in [5, 5.41) is 11.5. The third kappa shape index (κ3) is 5.57. The zero-order chi connectivity index (χ0) is 23.1. The molecule has 2 N–H and O–H groups in total. The summed E-state index contributed by atoms with van der Waals surface area (Å²) in [5.41, 5.74) is -0.0587. The van der Waals surface area contributed by atoms with E-state index in [-0.39, 0.29) is 42.4 Å². The van der Waals surface area contributed by atoms with Gasteiger partial charge in [0.25, 0.3) is 5.91 Å². The average molecular weight is 441 g/mol. The normalized spacial score (nSPS) is 10.6. The Hall–Kier alpha value is -4.01. The van der Waals surface area contributed by atoms with Crippen molar-refractivity contribution >= 4 is 22.8 Å². The summed E-state index contributed by atoms with van der Waals surface area (Å²) in [4.78, 5) is 35.2. The standard InChI is InChI=1S/C23H23NO8/c1-14-23(32-18-7-4-3-6-17(18)29-2)22(28)16-10-9-15(12-19(16)31-14)30-13-20(25)24-11-5-8-21(26)27/h3-4,6-7,9-10,12H,5,8,11,13H2,1-2H3,(H,24,25)(H,26,27). The van der Waals surface area contributed by atoms with E-state index in [9.17, 15) is 14.4 Å². The van der Waals surface area contributed by atoms with Gasteiger partial charge in [-0.2, -0.15) is 0 Å². The topological polar surface area (TPSA) is 124 Å². The smallest absolute Gasteiger partial charge is 0.303 e. The van der Waals surface area contributed by atoms with Crippen LogP contribution in [-0.2, 0) is 9.59 Å². The first-order valence-electron chi connectivity index (χ1n) is 9.88. The zero-order valence-electron chi connectivity index (χ0n) is 17.7. The highest BCUT2D eigenvalue weighted by Gasteiger charge is 2.16. The highest BCUT2D eigenvalue weighted by atomic mass is 16.5. The maximum absolute atomic E-state index is 13.0. The lowest BCUT2D eigenvalue weighted by Gasteiger charge is -2.12. The third-order valence-corrected chi connectivity index (χ3v) is 4.53. The Morgan fingerprint density at radius 2 is 1.88 bits per heavy atom. The van der Waals surface area contributed by atoms with Gasteiger partial charge in [-0.1, -0.05) is 12.1 Å². The quantitative estimate of drug-likeness (QED) is 0.460. The van der Waals surface area contributed by atoms with E-state index in [2.05, 4.69) is 5.32 Å². The van der Waals surface area contributed by atoms with Crippen LogP contribution in [-0.4, -0.2) is 37.2 Å². The number of aryl methyl sites for hydroxylation is 1. The molecule has 168 valence electrons. The van der Waals surface area contributed by atoms with E-state index in [1.165, 1.54) is 19.2 Å². The number of benzene rings is 2. The third-order valence-electron chi connectivity index (χ3n) is 4.53. The molecule has 0 aliphatic rings. The predicted molar refractivity (Wildman–Crippen MR) is 116 cm³/mol. The van der Waals surface area contributed by atoms with Crippen molar-refractivity contribution in [2.75, 3.05) is 20.3 Å². The van der Waals surface area contributed by atoms with Crippen LogP contribution >= 0.6 is 0 Å². The first-order valence-corrected chi connectivity index (χ1v) is 9.88. The molecule has 0 saturated carbocycles. The molecule has 2 aromatic carbocycles. The summed E-state index contributed by atoms with van der Waals surface area (Å²) < 4.78 is 22.3. The number of carbonyl (C=O) groups excluding carboxylic acids is 1. The van der Waals surface area contributed by atoms with Crippen molar-refractivity contribution < 1.29 is 33.3 Å². The molecule has 0 fully saturated rings. The molecule has 0 bridgehead atoms. The molecule has 1 heterocycles. The van der Waals surface area contributed by atoms with Crippen molar-refractivity contribution in [1.29, 1.82) is 0 Å². The van der Waals surface area contributed by atoms with Gasteiger partial charge < -0.3 is 29.1 Å². The molecule has 0 radical (unpaired) electrons. The van der Waals surface area contributed by atoms with Gasteiger partial charge in [-0.15, -0.1) is 0 Å². The van der Waals surface area contributed by atoms with Crippen molar-refractivity contribution in [3.05, 3.63) is 58.4 Å². The van der Waals surface area contributed by atoms with Gasteiger partial charge >= 0.3 is 5.97 Å². The van der Waals surface area contributed by atoms with Crippen LogP contribution in [0.5, 0.6) is 23.0 Å². The fraction of sp³-hybridized carbons (Fsp3) is 0.261. The van der Waals surface area contributed by atoms with E-state index < -0.39 is 5.97 Å². The first kappa shape index (κ1) is 22.7. The molecule has 9 nitrogen and oxygen atoms in total. The lowest BCUT2D eigenvalue weighted by Crippen LogP contribution is -2.29. The number of nitrogens with one attached hydrogen (secondary N) is 1. The van der Waals surface area contributed by atoms with E-state index in [1.54, 1.807) is 37.3 Å². The number of aliphatic carboxylic acids is 1. The number of methoxy groups -OCH3 is 1. The van der Waals surface area contributed by atoms with Gasteiger partial charge in [0, 0.05) is 19.0 Å². The summed E-state index contributed by atoms with van der Waals surface area (Å²) in [6.07, 6.45) is 0.313. The molecular weight excluding hydrogens is 418 g/mol. The molecule has 1 amide bonds. The minimum atomic E-state index is -0.917.